The van der Waals surface area contributed by atoms with Gasteiger partial charge in [-0.1, -0.05) is 13.3 Å². The van der Waals surface area contributed by atoms with Crippen molar-refractivity contribution in [1.82, 2.24) is 4.98 Å². The van der Waals surface area contributed by atoms with Gasteiger partial charge >= 0.3 is 0 Å². The van der Waals surface area contributed by atoms with Crippen LogP contribution in [0.3, 0.4) is 0 Å². The summed E-state index contributed by atoms with van der Waals surface area (Å²) in [4.78, 5) is 3.09. The van der Waals surface area contributed by atoms with Crippen molar-refractivity contribution in [2.75, 3.05) is 0 Å². The highest BCUT2D eigenvalue weighted by molar-refractivity contribution is 5.50. The van der Waals surface area contributed by atoms with Gasteiger partial charge in [-0.05, 0) is 17.5 Å². The molecule has 1 N–H and O–H groups in total. The van der Waals surface area contributed by atoms with Crippen molar-refractivity contribution in [2.45, 2.75) is 25.7 Å². The number of aromatic amines is 1. The lowest BCUT2D eigenvalue weighted by molar-refractivity contribution is 0.777. The molecule has 0 radical (unpaired) electrons. The van der Waals surface area contributed by atoms with Gasteiger partial charge in [0.2, 0.25) is 0 Å². The van der Waals surface area contributed by atoms with Gasteiger partial charge in [0.05, 0.1) is 0 Å². The van der Waals surface area contributed by atoms with E-state index >= 15 is 0 Å². The van der Waals surface area contributed by atoms with Crippen molar-refractivity contribution in [3.63, 3.8) is 0 Å². The molecule has 1 heteroatoms. The van der Waals surface area contributed by atoms with E-state index in [9.17, 15) is 0 Å². The standard InChI is InChI=1S/C8H11N/c1-2-3-6-7-4-9-5-8(6)7/h4-6,9H,2-3H2,1H3. The monoisotopic (exact) mass is 121 g/mol. The Hall–Kier alpha value is -0.720. The summed E-state index contributed by atoms with van der Waals surface area (Å²) in [5.41, 5.74) is 3.11. The molecule has 0 spiro atoms. The van der Waals surface area contributed by atoms with Gasteiger partial charge in [0.25, 0.3) is 0 Å². The van der Waals surface area contributed by atoms with Crippen molar-refractivity contribution in [2.24, 2.45) is 0 Å². The van der Waals surface area contributed by atoms with Crippen LogP contribution in [0.4, 0.5) is 0 Å². The molecular weight excluding hydrogens is 110 g/mol. The molecule has 1 nitrogen and oxygen atoms in total. The number of aromatic nitrogens is 1. The quantitative estimate of drug-likeness (QED) is 0.617. The molecule has 0 bridgehead atoms. The van der Waals surface area contributed by atoms with E-state index in [0.717, 1.165) is 5.92 Å². The summed E-state index contributed by atoms with van der Waals surface area (Å²) in [5.74, 6) is 0.844. The number of nitrogens with one attached hydrogen (secondary N) is 1. The minimum atomic E-state index is 0.844. The Balaban J connectivity index is 2.06. The van der Waals surface area contributed by atoms with Gasteiger partial charge in [-0.15, -0.1) is 0 Å². The Morgan fingerprint density at radius 1 is 1.44 bits per heavy atom. The highest BCUT2D eigenvalue weighted by Crippen LogP contribution is 2.45. The van der Waals surface area contributed by atoms with E-state index in [-0.39, 0.29) is 0 Å². The minimum Gasteiger partial charge on any atom is -0.367 e. The van der Waals surface area contributed by atoms with Crippen LogP contribution >= 0.6 is 0 Å². The van der Waals surface area contributed by atoms with E-state index < -0.39 is 0 Å². The lowest BCUT2D eigenvalue weighted by Gasteiger charge is -1.89. The maximum absolute atomic E-state index is 3.09. The van der Waals surface area contributed by atoms with Gasteiger partial charge in [-0.2, -0.15) is 0 Å². The summed E-state index contributed by atoms with van der Waals surface area (Å²) in [6.45, 7) is 2.24. The number of rotatable bonds is 2. The van der Waals surface area contributed by atoms with Crippen LogP contribution < -0.4 is 0 Å². The lowest BCUT2D eigenvalue weighted by atomic mass is 10.2. The van der Waals surface area contributed by atoms with Gasteiger partial charge in [-0.25, -0.2) is 0 Å². The normalized spacial score (nSPS) is 15.7. The molecule has 0 unspecified atom stereocenters. The third-order valence-corrected chi connectivity index (χ3v) is 2.06. The van der Waals surface area contributed by atoms with Crippen LogP contribution in [0.1, 0.15) is 36.8 Å². The average molecular weight is 121 g/mol. The first-order valence-corrected chi connectivity index (χ1v) is 3.60. The summed E-state index contributed by atoms with van der Waals surface area (Å²) in [7, 11) is 0. The predicted octanol–water partition coefficient (Wildman–Crippen LogP) is 2.26. The number of H-pyrrole nitrogens is 1. The maximum Gasteiger partial charge on any atom is 0.0125 e. The molecule has 0 fully saturated rings. The summed E-state index contributed by atoms with van der Waals surface area (Å²) < 4.78 is 0. The molecule has 0 aromatic carbocycles. The highest BCUT2D eigenvalue weighted by atomic mass is 14.7. The molecule has 1 aliphatic rings. The zero-order chi connectivity index (χ0) is 6.27. The van der Waals surface area contributed by atoms with Crippen LogP contribution in [0, 0.1) is 0 Å². The Bertz CT molecular complexity index is 194. The van der Waals surface area contributed by atoms with Crippen molar-refractivity contribution in [3.05, 3.63) is 23.5 Å². The molecule has 9 heavy (non-hydrogen) atoms. The van der Waals surface area contributed by atoms with E-state index in [1.807, 2.05) is 0 Å². The second-order valence-electron chi connectivity index (χ2n) is 2.71. The summed E-state index contributed by atoms with van der Waals surface area (Å²) in [5, 5.41) is 0. The smallest absolute Gasteiger partial charge is 0.0125 e. The Kier molecular flexibility index (Phi) is 0.922. The number of hydrogen-bond acceptors (Lipinski definition) is 0. The van der Waals surface area contributed by atoms with Gasteiger partial charge < -0.3 is 4.98 Å². The molecule has 2 rings (SSSR count). The summed E-state index contributed by atoms with van der Waals surface area (Å²) in [6.07, 6.45) is 6.89. The van der Waals surface area contributed by atoms with E-state index in [1.54, 1.807) is 11.1 Å². The third kappa shape index (κ3) is 0.607. The Morgan fingerprint density at radius 2 is 2.11 bits per heavy atom. The van der Waals surface area contributed by atoms with Gasteiger partial charge in [0.1, 0.15) is 0 Å². The second-order valence-corrected chi connectivity index (χ2v) is 2.71. The third-order valence-electron chi connectivity index (χ3n) is 2.06. The van der Waals surface area contributed by atoms with Crippen molar-refractivity contribution in [3.8, 4) is 0 Å². The first kappa shape index (κ1) is 5.10. The maximum atomic E-state index is 3.09. The molecular formula is C8H11N. The summed E-state index contributed by atoms with van der Waals surface area (Å²) in [6, 6.07) is 0. The largest absolute Gasteiger partial charge is 0.367 e. The van der Waals surface area contributed by atoms with E-state index in [1.165, 1.54) is 12.8 Å². The van der Waals surface area contributed by atoms with Crippen molar-refractivity contribution >= 4 is 0 Å². The SMILES string of the molecule is CCCC1c2c[nH]cc21. The second kappa shape index (κ2) is 1.63. The van der Waals surface area contributed by atoms with Crippen LogP contribution in [0.15, 0.2) is 12.4 Å². The Labute approximate surface area is 55.1 Å². The molecule has 0 atom stereocenters. The molecule has 0 saturated carbocycles. The molecule has 48 valence electrons. The van der Waals surface area contributed by atoms with Crippen LogP contribution in [0.25, 0.3) is 0 Å². The van der Waals surface area contributed by atoms with Gasteiger partial charge in [0.15, 0.2) is 0 Å². The molecule has 1 aromatic heterocycles. The first-order chi connectivity index (χ1) is 4.43. The fraction of sp³-hybridized carbons (Fsp3) is 0.500. The molecule has 0 amide bonds. The van der Waals surface area contributed by atoms with E-state index in [2.05, 4.69) is 24.3 Å². The van der Waals surface area contributed by atoms with Gasteiger partial charge in [0, 0.05) is 18.3 Å². The first-order valence-electron chi connectivity index (χ1n) is 3.60. The lowest BCUT2D eigenvalue weighted by Crippen LogP contribution is -1.74. The predicted molar refractivity (Wildman–Crippen MR) is 37.5 cm³/mol. The van der Waals surface area contributed by atoms with Crippen LogP contribution in [0.5, 0.6) is 0 Å². The molecule has 0 saturated heterocycles. The van der Waals surface area contributed by atoms with E-state index in [0.29, 0.717) is 0 Å². The van der Waals surface area contributed by atoms with Crippen LogP contribution in [0.2, 0.25) is 0 Å². The zero-order valence-corrected chi connectivity index (χ0v) is 5.65. The highest BCUT2D eigenvalue weighted by Gasteiger charge is 2.31. The minimum absolute atomic E-state index is 0.844. The molecule has 1 aliphatic carbocycles. The van der Waals surface area contributed by atoms with Crippen LogP contribution in [-0.4, -0.2) is 4.98 Å². The number of fused-ring (bicyclic) bond motifs is 1. The van der Waals surface area contributed by atoms with Crippen LogP contribution in [-0.2, 0) is 0 Å². The fourth-order valence-corrected chi connectivity index (χ4v) is 1.50. The topological polar surface area (TPSA) is 15.8 Å². The molecule has 1 heterocycles. The van der Waals surface area contributed by atoms with Crippen molar-refractivity contribution in [1.29, 1.82) is 0 Å². The zero-order valence-electron chi connectivity index (χ0n) is 5.65. The fourth-order valence-electron chi connectivity index (χ4n) is 1.50. The Morgan fingerprint density at radius 3 is 2.67 bits per heavy atom. The van der Waals surface area contributed by atoms with Crippen molar-refractivity contribution < 1.29 is 0 Å². The molecule has 0 aliphatic heterocycles. The van der Waals surface area contributed by atoms with E-state index in [4.69, 9.17) is 0 Å². The van der Waals surface area contributed by atoms with Gasteiger partial charge in [-0.3, -0.25) is 0 Å². The summed E-state index contributed by atoms with van der Waals surface area (Å²) >= 11 is 0. The number of hydrogen-bond donors (Lipinski definition) is 1. The molecule has 1 aromatic rings. The average Bonchev–Trinajstić information content (AvgIpc) is 2.39.